The average Bonchev–Trinajstić information content (AvgIpc) is 2.24. The Morgan fingerprint density at radius 1 is 1.50 bits per heavy atom. The Kier molecular flexibility index (Phi) is 2.43. The third kappa shape index (κ3) is 1.41. The van der Waals surface area contributed by atoms with E-state index in [2.05, 4.69) is 18.3 Å². The summed E-state index contributed by atoms with van der Waals surface area (Å²) in [6.07, 6.45) is 2.89. The molecule has 2 atom stereocenters. The first-order chi connectivity index (χ1) is 7.42. The molecule has 2 rings (SSSR count). The van der Waals surface area contributed by atoms with E-state index in [4.69, 9.17) is 5.26 Å². The lowest BCUT2D eigenvalue weighted by Crippen LogP contribution is -2.54. The van der Waals surface area contributed by atoms with Crippen LogP contribution in [0, 0.1) is 28.1 Å². The maximum atomic E-state index is 12.2. The molecule has 0 radical (unpaired) electrons. The van der Waals surface area contributed by atoms with E-state index in [1.165, 1.54) is 0 Å². The van der Waals surface area contributed by atoms with Crippen molar-refractivity contribution in [2.24, 2.45) is 16.7 Å². The molecule has 1 aliphatic carbocycles. The number of hydrogen-bond acceptors (Lipinski definition) is 3. The first kappa shape index (κ1) is 11.3. The zero-order chi connectivity index (χ0) is 12.0. The smallest absolute Gasteiger partial charge is 0.178 e. The highest BCUT2D eigenvalue weighted by Crippen LogP contribution is 2.50. The predicted octanol–water partition coefficient (Wildman–Crippen LogP) is 1.66. The van der Waals surface area contributed by atoms with Gasteiger partial charge in [-0.3, -0.25) is 4.79 Å². The van der Waals surface area contributed by atoms with Crippen LogP contribution in [0.4, 0.5) is 0 Å². The largest absolute Gasteiger partial charge is 0.316 e. The maximum absolute atomic E-state index is 12.2. The number of Topliss-reactive ketones (excluding diaryl/α,β-unsaturated/α-hetero) is 1. The SMILES string of the molecule is CC1(C)C(=O)C(C#N)=C[C@]2(C)CNCCC12. The molecular formula is C13H18N2O. The van der Waals surface area contributed by atoms with Gasteiger partial charge < -0.3 is 5.32 Å². The summed E-state index contributed by atoms with van der Waals surface area (Å²) in [5, 5.41) is 12.4. The Balaban J connectivity index is 2.53. The summed E-state index contributed by atoms with van der Waals surface area (Å²) in [6.45, 7) is 7.93. The van der Waals surface area contributed by atoms with E-state index in [0.717, 1.165) is 19.5 Å². The van der Waals surface area contributed by atoms with E-state index in [9.17, 15) is 4.79 Å². The van der Waals surface area contributed by atoms with Crippen molar-refractivity contribution >= 4 is 5.78 Å². The number of carbonyl (C=O) groups excluding carboxylic acids is 1. The molecule has 2 aliphatic rings. The predicted molar refractivity (Wildman–Crippen MR) is 61.6 cm³/mol. The molecule has 0 aromatic heterocycles. The molecule has 0 amide bonds. The van der Waals surface area contributed by atoms with Gasteiger partial charge in [0.2, 0.25) is 0 Å². The normalized spacial score (nSPS) is 37.2. The summed E-state index contributed by atoms with van der Waals surface area (Å²) in [6, 6.07) is 2.05. The van der Waals surface area contributed by atoms with Crippen LogP contribution >= 0.6 is 0 Å². The van der Waals surface area contributed by atoms with E-state index in [-0.39, 0.29) is 11.2 Å². The van der Waals surface area contributed by atoms with Crippen molar-refractivity contribution in [1.29, 1.82) is 5.26 Å². The molecule has 0 aromatic rings. The average molecular weight is 218 g/mol. The van der Waals surface area contributed by atoms with Gasteiger partial charge in [0.05, 0.1) is 5.57 Å². The van der Waals surface area contributed by atoms with Gasteiger partial charge in [0.1, 0.15) is 6.07 Å². The van der Waals surface area contributed by atoms with E-state index in [1.54, 1.807) is 0 Å². The third-order valence-electron chi connectivity index (χ3n) is 4.21. The first-order valence-electron chi connectivity index (χ1n) is 5.80. The number of piperidine rings is 1. The van der Waals surface area contributed by atoms with Crippen LogP contribution in [0.2, 0.25) is 0 Å². The fourth-order valence-corrected chi connectivity index (χ4v) is 3.38. The van der Waals surface area contributed by atoms with Crippen LogP contribution in [0.25, 0.3) is 0 Å². The van der Waals surface area contributed by atoms with Crippen LogP contribution < -0.4 is 5.32 Å². The standard InChI is InChI=1S/C13H18N2O/c1-12(2)10-4-5-15-8-13(10,3)6-9(7-14)11(12)16/h6,10,15H,4-5,8H2,1-3H3/t10?,13-/m1/s1. The van der Waals surface area contributed by atoms with Gasteiger partial charge in [-0.1, -0.05) is 26.8 Å². The fraction of sp³-hybridized carbons (Fsp3) is 0.692. The minimum Gasteiger partial charge on any atom is -0.316 e. The van der Waals surface area contributed by atoms with Crippen molar-refractivity contribution in [2.45, 2.75) is 27.2 Å². The van der Waals surface area contributed by atoms with Gasteiger partial charge in [-0.15, -0.1) is 0 Å². The summed E-state index contributed by atoms with van der Waals surface area (Å²) in [4.78, 5) is 12.2. The zero-order valence-corrected chi connectivity index (χ0v) is 10.1. The lowest BCUT2D eigenvalue weighted by atomic mass is 9.55. The zero-order valence-electron chi connectivity index (χ0n) is 10.1. The highest BCUT2D eigenvalue weighted by atomic mass is 16.1. The number of carbonyl (C=O) groups is 1. The molecule has 16 heavy (non-hydrogen) atoms. The molecule has 1 fully saturated rings. The number of ketones is 1. The Labute approximate surface area is 96.5 Å². The van der Waals surface area contributed by atoms with Gasteiger partial charge in [-0.2, -0.15) is 5.26 Å². The molecule has 0 spiro atoms. The van der Waals surface area contributed by atoms with Gasteiger partial charge in [-0.25, -0.2) is 0 Å². The van der Waals surface area contributed by atoms with Crippen molar-refractivity contribution < 1.29 is 4.79 Å². The molecular weight excluding hydrogens is 200 g/mol. The second-order valence-electron chi connectivity index (χ2n) is 5.74. The summed E-state index contributed by atoms with van der Waals surface area (Å²) in [5.41, 5.74) is -0.121. The Morgan fingerprint density at radius 2 is 2.19 bits per heavy atom. The van der Waals surface area contributed by atoms with E-state index in [1.807, 2.05) is 19.9 Å². The van der Waals surface area contributed by atoms with Crippen LogP contribution in [0.3, 0.4) is 0 Å². The molecule has 1 unspecified atom stereocenters. The van der Waals surface area contributed by atoms with Crippen molar-refractivity contribution in [3.63, 3.8) is 0 Å². The highest BCUT2D eigenvalue weighted by Gasteiger charge is 2.51. The number of nitrogens with one attached hydrogen (secondary N) is 1. The lowest BCUT2D eigenvalue weighted by molar-refractivity contribution is -0.130. The van der Waals surface area contributed by atoms with Crippen LogP contribution in [0.5, 0.6) is 0 Å². The van der Waals surface area contributed by atoms with Crippen molar-refractivity contribution in [1.82, 2.24) is 5.32 Å². The van der Waals surface area contributed by atoms with Crippen molar-refractivity contribution in [3.8, 4) is 6.07 Å². The molecule has 3 nitrogen and oxygen atoms in total. The highest BCUT2D eigenvalue weighted by molar-refractivity contribution is 6.04. The molecule has 1 aliphatic heterocycles. The molecule has 3 heteroatoms. The second kappa shape index (κ2) is 3.43. The summed E-state index contributed by atoms with van der Waals surface area (Å²) in [5.74, 6) is 0.352. The van der Waals surface area contributed by atoms with Gasteiger partial charge in [0.15, 0.2) is 5.78 Å². The van der Waals surface area contributed by atoms with Gasteiger partial charge in [0.25, 0.3) is 0 Å². The molecule has 0 aromatic carbocycles. The lowest BCUT2D eigenvalue weighted by Gasteiger charge is -2.50. The molecule has 86 valence electrons. The van der Waals surface area contributed by atoms with Crippen LogP contribution in [-0.2, 0) is 4.79 Å². The molecule has 0 saturated carbocycles. The minimum atomic E-state index is -0.406. The number of nitriles is 1. The van der Waals surface area contributed by atoms with E-state index in [0.29, 0.717) is 11.5 Å². The number of fused-ring (bicyclic) bond motifs is 1. The van der Waals surface area contributed by atoms with Gasteiger partial charge in [-0.05, 0) is 18.9 Å². The molecule has 0 bridgehead atoms. The van der Waals surface area contributed by atoms with Crippen molar-refractivity contribution in [2.75, 3.05) is 13.1 Å². The monoisotopic (exact) mass is 218 g/mol. The third-order valence-corrected chi connectivity index (χ3v) is 4.21. The Bertz CT molecular complexity index is 403. The molecule has 1 saturated heterocycles. The quantitative estimate of drug-likeness (QED) is 0.672. The van der Waals surface area contributed by atoms with Crippen LogP contribution in [0.1, 0.15) is 27.2 Å². The van der Waals surface area contributed by atoms with Gasteiger partial charge in [0, 0.05) is 17.4 Å². The fourth-order valence-electron chi connectivity index (χ4n) is 3.38. The first-order valence-corrected chi connectivity index (χ1v) is 5.80. The molecule has 1 N–H and O–H groups in total. The number of allylic oxidation sites excluding steroid dienone is 1. The van der Waals surface area contributed by atoms with Crippen molar-refractivity contribution in [3.05, 3.63) is 11.6 Å². The summed E-state index contributed by atoms with van der Waals surface area (Å²) in [7, 11) is 0. The number of nitrogens with zero attached hydrogens (tertiary/aromatic N) is 1. The van der Waals surface area contributed by atoms with Crippen LogP contribution in [-0.4, -0.2) is 18.9 Å². The second-order valence-corrected chi connectivity index (χ2v) is 5.74. The maximum Gasteiger partial charge on any atom is 0.178 e. The Hall–Kier alpha value is -1.14. The van der Waals surface area contributed by atoms with Gasteiger partial charge >= 0.3 is 0 Å². The van der Waals surface area contributed by atoms with E-state index < -0.39 is 5.41 Å². The summed E-state index contributed by atoms with van der Waals surface area (Å²) >= 11 is 0. The number of hydrogen-bond donors (Lipinski definition) is 1. The topological polar surface area (TPSA) is 52.9 Å². The van der Waals surface area contributed by atoms with E-state index >= 15 is 0 Å². The summed E-state index contributed by atoms with van der Waals surface area (Å²) < 4.78 is 0. The van der Waals surface area contributed by atoms with Crippen LogP contribution in [0.15, 0.2) is 11.6 Å². The minimum absolute atomic E-state index is 0.0133. The Morgan fingerprint density at radius 3 is 2.81 bits per heavy atom. The molecule has 1 heterocycles. The number of rotatable bonds is 0.